The van der Waals surface area contributed by atoms with Gasteiger partial charge in [-0.2, -0.15) is 0 Å². The summed E-state index contributed by atoms with van der Waals surface area (Å²) in [5.74, 6) is -1.09. The number of carbonyl (C=O) groups excluding carboxylic acids is 3. The molecule has 3 aromatic carbocycles. The van der Waals surface area contributed by atoms with Crippen molar-refractivity contribution < 1.29 is 18.8 Å². The smallest absolute Gasteiger partial charge is 0.258 e. The second-order valence-electron chi connectivity index (χ2n) is 8.14. The van der Waals surface area contributed by atoms with Gasteiger partial charge in [0.1, 0.15) is 11.9 Å². The Bertz CT molecular complexity index is 1220. The van der Waals surface area contributed by atoms with Crippen LogP contribution in [-0.4, -0.2) is 42.3 Å². The van der Waals surface area contributed by atoms with Crippen molar-refractivity contribution in [3.8, 4) is 0 Å². The number of rotatable bonds is 8. The van der Waals surface area contributed by atoms with Crippen molar-refractivity contribution in [2.75, 3.05) is 18.5 Å². The van der Waals surface area contributed by atoms with E-state index in [-0.39, 0.29) is 30.7 Å². The van der Waals surface area contributed by atoms with E-state index in [4.69, 9.17) is 0 Å². The molecule has 3 amide bonds. The molecule has 0 bridgehead atoms. The summed E-state index contributed by atoms with van der Waals surface area (Å²) in [6.45, 7) is 1.99. The number of benzene rings is 3. The summed E-state index contributed by atoms with van der Waals surface area (Å²) in [7, 11) is 1.50. The summed E-state index contributed by atoms with van der Waals surface area (Å²) in [6.07, 6.45) is 0.551. The van der Waals surface area contributed by atoms with Gasteiger partial charge in [-0.1, -0.05) is 42.5 Å². The Morgan fingerprint density at radius 2 is 1.79 bits per heavy atom. The molecule has 1 atom stereocenters. The third kappa shape index (κ3) is 4.31. The summed E-state index contributed by atoms with van der Waals surface area (Å²) in [6, 6.07) is 16.9. The Labute approximate surface area is 192 Å². The van der Waals surface area contributed by atoms with Crippen molar-refractivity contribution in [2.24, 2.45) is 0 Å². The fourth-order valence-electron chi connectivity index (χ4n) is 4.33. The largest absolute Gasteiger partial charge is 0.357 e. The Morgan fingerprint density at radius 3 is 2.52 bits per heavy atom. The first kappa shape index (κ1) is 22.5. The number of carbonyl (C=O) groups is 3. The molecule has 1 N–H and O–H groups in total. The molecule has 1 aliphatic heterocycles. The first-order valence-corrected chi connectivity index (χ1v) is 11.0. The number of nitrogens with one attached hydrogen (secondary N) is 1. The van der Waals surface area contributed by atoms with Crippen LogP contribution in [-0.2, 0) is 16.1 Å². The molecule has 0 radical (unpaired) electrons. The average Bonchev–Trinajstić information content (AvgIpc) is 3.10. The van der Waals surface area contributed by atoms with Gasteiger partial charge in [-0.05, 0) is 36.9 Å². The van der Waals surface area contributed by atoms with E-state index in [9.17, 15) is 18.8 Å². The van der Waals surface area contributed by atoms with Crippen LogP contribution in [0.5, 0.6) is 0 Å². The van der Waals surface area contributed by atoms with Crippen molar-refractivity contribution in [2.45, 2.75) is 32.4 Å². The van der Waals surface area contributed by atoms with E-state index in [2.05, 4.69) is 5.32 Å². The highest BCUT2D eigenvalue weighted by atomic mass is 19.1. The minimum Gasteiger partial charge on any atom is -0.357 e. The molecule has 1 aliphatic rings. The van der Waals surface area contributed by atoms with E-state index in [1.54, 1.807) is 30.0 Å². The van der Waals surface area contributed by atoms with Gasteiger partial charge in [0.15, 0.2) is 0 Å². The summed E-state index contributed by atoms with van der Waals surface area (Å²) in [4.78, 5) is 41.4. The van der Waals surface area contributed by atoms with E-state index in [0.29, 0.717) is 24.1 Å². The Morgan fingerprint density at radius 1 is 1.06 bits per heavy atom. The van der Waals surface area contributed by atoms with E-state index < -0.39 is 11.9 Å². The maximum atomic E-state index is 14.2. The monoisotopic (exact) mass is 447 g/mol. The van der Waals surface area contributed by atoms with Crippen molar-refractivity contribution in [1.82, 2.24) is 10.2 Å². The average molecular weight is 448 g/mol. The second-order valence-corrected chi connectivity index (χ2v) is 8.14. The van der Waals surface area contributed by atoms with Gasteiger partial charge in [-0.25, -0.2) is 4.39 Å². The Hall–Kier alpha value is -3.74. The highest BCUT2D eigenvalue weighted by Crippen LogP contribution is 2.37. The lowest BCUT2D eigenvalue weighted by Gasteiger charge is -2.29. The number of hydrogen-bond acceptors (Lipinski definition) is 3. The second kappa shape index (κ2) is 9.40. The van der Waals surface area contributed by atoms with E-state index in [1.165, 1.54) is 18.0 Å². The molecule has 3 aromatic rings. The van der Waals surface area contributed by atoms with E-state index in [0.717, 1.165) is 16.5 Å². The van der Waals surface area contributed by atoms with Gasteiger partial charge in [0, 0.05) is 43.1 Å². The van der Waals surface area contributed by atoms with Gasteiger partial charge in [-0.15, -0.1) is 0 Å². The van der Waals surface area contributed by atoms with Crippen LogP contribution < -0.4 is 10.2 Å². The first-order chi connectivity index (χ1) is 15.9. The van der Waals surface area contributed by atoms with Gasteiger partial charge in [0.25, 0.3) is 5.91 Å². The molecule has 33 heavy (non-hydrogen) atoms. The molecule has 0 fully saturated rings. The standard InChI is InChI=1S/C26H26FN3O3/c1-17(25(32)28-2)30(16-19-8-3-4-12-21(19)27)23(31)14-7-15-29-22-13-6-10-18-9-5-11-20(24(18)22)26(29)33/h3-6,8-13,17H,7,14-16H2,1-2H3,(H,28,32)/t17-/m0/s1. The van der Waals surface area contributed by atoms with Crippen LogP contribution in [0.3, 0.4) is 0 Å². The Kier molecular flexibility index (Phi) is 6.40. The van der Waals surface area contributed by atoms with Crippen molar-refractivity contribution >= 4 is 34.2 Å². The topological polar surface area (TPSA) is 69.7 Å². The lowest BCUT2D eigenvalue weighted by atomic mass is 10.1. The molecule has 0 aromatic heterocycles. The molecule has 1 heterocycles. The fourth-order valence-corrected chi connectivity index (χ4v) is 4.33. The summed E-state index contributed by atoms with van der Waals surface area (Å²) in [5.41, 5.74) is 1.87. The van der Waals surface area contributed by atoms with Crippen LogP contribution in [0.1, 0.15) is 35.7 Å². The first-order valence-electron chi connectivity index (χ1n) is 11.0. The lowest BCUT2D eigenvalue weighted by Crippen LogP contribution is -2.47. The lowest BCUT2D eigenvalue weighted by molar-refractivity contribution is -0.140. The molecule has 0 spiro atoms. The predicted molar refractivity (Wildman–Crippen MR) is 125 cm³/mol. The van der Waals surface area contributed by atoms with Crippen molar-refractivity contribution in [3.63, 3.8) is 0 Å². The van der Waals surface area contributed by atoms with E-state index in [1.807, 2.05) is 36.4 Å². The summed E-state index contributed by atoms with van der Waals surface area (Å²) in [5, 5.41) is 4.49. The minimum absolute atomic E-state index is 0.00646. The van der Waals surface area contributed by atoms with Crippen LogP contribution in [0.4, 0.5) is 10.1 Å². The molecule has 6 nitrogen and oxygen atoms in total. The number of amides is 3. The zero-order valence-corrected chi connectivity index (χ0v) is 18.7. The molecule has 7 heteroatoms. The number of hydrogen-bond donors (Lipinski definition) is 1. The van der Waals surface area contributed by atoms with Crippen LogP contribution in [0.15, 0.2) is 60.7 Å². The Balaban J connectivity index is 1.47. The van der Waals surface area contributed by atoms with Crippen molar-refractivity contribution in [1.29, 1.82) is 0 Å². The SMILES string of the molecule is CNC(=O)[C@H](C)N(Cc1ccccc1F)C(=O)CCCN1C(=O)c2cccc3cccc1c23. The number of halogens is 1. The minimum atomic E-state index is -0.756. The number of nitrogens with zero attached hydrogens (tertiary/aromatic N) is 2. The molecule has 4 rings (SSSR count). The zero-order valence-electron chi connectivity index (χ0n) is 18.7. The number of likely N-dealkylation sites (N-methyl/N-ethyl adjacent to an activating group) is 1. The third-order valence-electron chi connectivity index (χ3n) is 6.13. The molecule has 0 unspecified atom stereocenters. The molecule has 0 saturated heterocycles. The van der Waals surface area contributed by atoms with Gasteiger partial charge < -0.3 is 15.1 Å². The van der Waals surface area contributed by atoms with Gasteiger partial charge in [0.05, 0.1) is 5.69 Å². The molecular formula is C26H26FN3O3. The highest BCUT2D eigenvalue weighted by Gasteiger charge is 2.30. The molecule has 0 saturated carbocycles. The summed E-state index contributed by atoms with van der Waals surface area (Å²) >= 11 is 0. The molecular weight excluding hydrogens is 421 g/mol. The summed E-state index contributed by atoms with van der Waals surface area (Å²) < 4.78 is 14.2. The maximum Gasteiger partial charge on any atom is 0.258 e. The van der Waals surface area contributed by atoms with Crippen LogP contribution in [0, 0.1) is 5.82 Å². The molecule has 170 valence electrons. The van der Waals surface area contributed by atoms with Crippen molar-refractivity contribution in [3.05, 3.63) is 77.6 Å². The predicted octanol–water partition coefficient (Wildman–Crippen LogP) is 3.88. The van der Waals surface area contributed by atoms with Crippen LogP contribution in [0.2, 0.25) is 0 Å². The maximum absolute atomic E-state index is 14.2. The van der Waals surface area contributed by atoms with Crippen LogP contribution >= 0.6 is 0 Å². The van der Waals surface area contributed by atoms with E-state index >= 15 is 0 Å². The fraction of sp³-hybridized carbons (Fsp3) is 0.269. The normalized spacial score (nSPS) is 13.3. The number of anilines is 1. The van der Waals surface area contributed by atoms with Gasteiger partial charge in [-0.3, -0.25) is 14.4 Å². The zero-order chi connectivity index (χ0) is 23.5. The van der Waals surface area contributed by atoms with Gasteiger partial charge >= 0.3 is 0 Å². The third-order valence-corrected chi connectivity index (χ3v) is 6.13. The highest BCUT2D eigenvalue weighted by molar-refractivity contribution is 6.25. The molecule has 0 aliphatic carbocycles. The quantitative estimate of drug-likeness (QED) is 0.570. The van der Waals surface area contributed by atoms with Crippen LogP contribution in [0.25, 0.3) is 10.8 Å². The van der Waals surface area contributed by atoms with Gasteiger partial charge in [0.2, 0.25) is 11.8 Å².